The van der Waals surface area contributed by atoms with Crippen molar-refractivity contribution in [2.24, 2.45) is 4.99 Å². The number of benzene rings is 2. The Kier molecular flexibility index (Phi) is 6.01. The molecule has 0 aliphatic carbocycles. The Hall–Kier alpha value is -2.47. The highest BCUT2D eigenvalue weighted by molar-refractivity contribution is 7.90. The van der Waals surface area contributed by atoms with Crippen molar-refractivity contribution in [3.8, 4) is 0 Å². The lowest BCUT2D eigenvalue weighted by atomic mass is 10.2. The van der Waals surface area contributed by atoms with Gasteiger partial charge in [0.15, 0.2) is 0 Å². The van der Waals surface area contributed by atoms with Gasteiger partial charge >= 0.3 is 0 Å². The summed E-state index contributed by atoms with van der Waals surface area (Å²) in [6.07, 6.45) is 0. The highest BCUT2D eigenvalue weighted by atomic mass is 35.5. The zero-order chi connectivity index (χ0) is 23.1. The van der Waals surface area contributed by atoms with Crippen LogP contribution in [-0.2, 0) is 24.8 Å². The van der Waals surface area contributed by atoms with Gasteiger partial charge in [0.2, 0.25) is 15.9 Å². The van der Waals surface area contributed by atoms with Crippen LogP contribution in [0.25, 0.3) is 0 Å². The highest BCUT2D eigenvalue weighted by Gasteiger charge is 2.34. The van der Waals surface area contributed by atoms with E-state index in [0.29, 0.717) is 10.6 Å². The zero-order valence-electron chi connectivity index (χ0n) is 17.1. The van der Waals surface area contributed by atoms with E-state index in [1.54, 1.807) is 37.3 Å². The van der Waals surface area contributed by atoms with E-state index in [1.807, 2.05) is 0 Å². The predicted molar refractivity (Wildman–Crippen MR) is 120 cm³/mol. The van der Waals surface area contributed by atoms with Crippen molar-refractivity contribution in [3.05, 3.63) is 59.1 Å². The fourth-order valence-electron chi connectivity index (χ4n) is 3.67. The monoisotopic (exact) mass is 496 g/mol. The van der Waals surface area contributed by atoms with Crippen molar-refractivity contribution in [2.75, 3.05) is 26.2 Å². The third-order valence-electron chi connectivity index (χ3n) is 5.33. The Morgan fingerprint density at radius 2 is 1.78 bits per heavy atom. The molecule has 1 atom stereocenters. The molecule has 1 N–H and O–H groups in total. The van der Waals surface area contributed by atoms with Crippen LogP contribution in [0.1, 0.15) is 12.5 Å². The SMILES string of the molecule is C[C@H](N=C1NS(=O)(=O)c2ccccc21)C(=O)N1CCN(S(=O)(=O)c2cccc(Cl)c2)CC1. The molecule has 2 heterocycles. The number of carbonyl (C=O) groups is 1. The summed E-state index contributed by atoms with van der Waals surface area (Å²) < 4.78 is 53.8. The van der Waals surface area contributed by atoms with Gasteiger partial charge in [-0.2, -0.15) is 4.31 Å². The summed E-state index contributed by atoms with van der Waals surface area (Å²) in [6.45, 7) is 2.27. The first-order chi connectivity index (χ1) is 15.1. The highest BCUT2D eigenvalue weighted by Crippen LogP contribution is 2.24. The van der Waals surface area contributed by atoms with Gasteiger partial charge < -0.3 is 4.90 Å². The lowest BCUT2D eigenvalue weighted by Gasteiger charge is -2.34. The van der Waals surface area contributed by atoms with E-state index in [-0.39, 0.29) is 47.7 Å². The van der Waals surface area contributed by atoms with Crippen LogP contribution in [0.3, 0.4) is 0 Å². The molecule has 0 bridgehead atoms. The number of hydrogen-bond donors (Lipinski definition) is 1. The molecule has 0 spiro atoms. The molecule has 32 heavy (non-hydrogen) atoms. The topological polar surface area (TPSA) is 116 Å². The number of hydrogen-bond acceptors (Lipinski definition) is 6. The van der Waals surface area contributed by atoms with E-state index in [1.165, 1.54) is 27.4 Å². The molecule has 170 valence electrons. The van der Waals surface area contributed by atoms with Crippen LogP contribution < -0.4 is 4.72 Å². The van der Waals surface area contributed by atoms with Gasteiger partial charge in [-0.1, -0.05) is 29.8 Å². The van der Waals surface area contributed by atoms with E-state index >= 15 is 0 Å². The number of carbonyl (C=O) groups excluding carboxylic acids is 1. The summed E-state index contributed by atoms with van der Waals surface area (Å²) in [5.74, 6) is -0.176. The average Bonchev–Trinajstić information content (AvgIpc) is 3.03. The maximum atomic E-state index is 12.9. The Balaban J connectivity index is 1.45. The van der Waals surface area contributed by atoms with Crippen LogP contribution in [0.4, 0.5) is 0 Å². The minimum Gasteiger partial charge on any atom is -0.338 e. The first-order valence-electron chi connectivity index (χ1n) is 9.84. The minimum absolute atomic E-state index is 0.108. The Morgan fingerprint density at radius 1 is 1.09 bits per heavy atom. The number of amides is 1. The second-order valence-corrected chi connectivity index (χ2v) is 11.5. The number of aliphatic imine (C=N–C) groups is 1. The number of nitrogens with one attached hydrogen (secondary N) is 1. The summed E-state index contributed by atoms with van der Waals surface area (Å²) >= 11 is 5.92. The van der Waals surface area contributed by atoms with E-state index in [9.17, 15) is 21.6 Å². The average molecular weight is 497 g/mol. The van der Waals surface area contributed by atoms with Gasteiger partial charge in [-0.25, -0.2) is 16.8 Å². The number of amidine groups is 1. The largest absolute Gasteiger partial charge is 0.338 e. The van der Waals surface area contributed by atoms with Gasteiger partial charge in [0.05, 0.1) is 9.79 Å². The van der Waals surface area contributed by atoms with Crippen LogP contribution in [0.15, 0.2) is 63.3 Å². The molecule has 1 amide bonds. The molecule has 4 rings (SSSR count). The van der Waals surface area contributed by atoms with Gasteiger partial charge in [0, 0.05) is 36.8 Å². The first kappa shape index (κ1) is 22.7. The van der Waals surface area contributed by atoms with Crippen LogP contribution in [-0.4, -0.2) is 70.0 Å². The molecular weight excluding hydrogens is 476 g/mol. The maximum Gasteiger partial charge on any atom is 0.263 e. The Labute approximate surface area is 191 Å². The van der Waals surface area contributed by atoms with Gasteiger partial charge in [-0.05, 0) is 37.3 Å². The number of fused-ring (bicyclic) bond motifs is 1. The van der Waals surface area contributed by atoms with Crippen molar-refractivity contribution in [2.45, 2.75) is 22.8 Å². The summed E-state index contributed by atoms with van der Waals surface area (Å²) in [5.41, 5.74) is 0.421. The van der Waals surface area contributed by atoms with Crippen LogP contribution in [0.2, 0.25) is 5.02 Å². The van der Waals surface area contributed by atoms with Crippen LogP contribution >= 0.6 is 11.6 Å². The normalized spacial score (nSPS) is 20.6. The minimum atomic E-state index is -3.71. The molecular formula is C20H21ClN4O5S2. The summed E-state index contributed by atoms with van der Waals surface area (Å²) in [4.78, 5) is 19.0. The van der Waals surface area contributed by atoms with Crippen molar-refractivity contribution in [3.63, 3.8) is 0 Å². The van der Waals surface area contributed by atoms with Crippen molar-refractivity contribution in [1.82, 2.24) is 13.9 Å². The second kappa shape index (κ2) is 8.47. The molecule has 0 radical (unpaired) electrons. The molecule has 0 unspecified atom stereocenters. The first-order valence-corrected chi connectivity index (χ1v) is 13.1. The summed E-state index contributed by atoms with van der Waals surface area (Å²) in [6, 6.07) is 11.6. The molecule has 1 saturated heterocycles. The Morgan fingerprint density at radius 3 is 2.47 bits per heavy atom. The fraction of sp³-hybridized carbons (Fsp3) is 0.300. The molecule has 2 aromatic carbocycles. The summed E-state index contributed by atoms with van der Waals surface area (Å²) in [7, 11) is -7.40. The Bertz CT molecular complexity index is 1300. The third-order valence-corrected chi connectivity index (χ3v) is 8.85. The van der Waals surface area contributed by atoms with Gasteiger partial charge in [0.25, 0.3) is 10.0 Å². The molecule has 2 aromatic rings. The third kappa shape index (κ3) is 4.25. The van der Waals surface area contributed by atoms with E-state index in [0.717, 1.165) is 0 Å². The smallest absolute Gasteiger partial charge is 0.263 e. The fourth-order valence-corrected chi connectivity index (χ4v) is 6.63. The second-order valence-electron chi connectivity index (χ2n) is 7.44. The lowest BCUT2D eigenvalue weighted by Crippen LogP contribution is -2.52. The molecule has 2 aliphatic rings. The van der Waals surface area contributed by atoms with Crippen LogP contribution in [0.5, 0.6) is 0 Å². The van der Waals surface area contributed by atoms with Crippen molar-refractivity contribution < 1.29 is 21.6 Å². The molecule has 12 heteroatoms. The molecule has 9 nitrogen and oxygen atoms in total. The van der Waals surface area contributed by atoms with E-state index in [2.05, 4.69) is 9.71 Å². The number of sulfonamides is 2. The standard InChI is InChI=1S/C20H21ClN4O5S2/c1-14(22-19-17-7-2-3-8-18(17)31(27,28)23-19)20(26)24-9-11-25(12-10-24)32(29,30)16-6-4-5-15(21)13-16/h2-8,13-14H,9-12H2,1H3,(H,22,23)/t14-/m0/s1. The van der Waals surface area contributed by atoms with Crippen LogP contribution in [0, 0.1) is 0 Å². The quantitative estimate of drug-likeness (QED) is 0.684. The van der Waals surface area contributed by atoms with Crippen molar-refractivity contribution >= 4 is 43.4 Å². The number of rotatable bonds is 4. The molecule has 0 aromatic heterocycles. The molecule has 2 aliphatic heterocycles. The van der Waals surface area contributed by atoms with Crippen molar-refractivity contribution in [1.29, 1.82) is 0 Å². The number of piperazine rings is 1. The summed E-state index contributed by atoms with van der Waals surface area (Å²) in [5, 5.41) is 0.330. The van der Waals surface area contributed by atoms with Gasteiger partial charge in [-0.15, -0.1) is 0 Å². The van der Waals surface area contributed by atoms with Gasteiger partial charge in [0.1, 0.15) is 11.9 Å². The number of nitrogens with zero attached hydrogens (tertiary/aromatic N) is 3. The lowest BCUT2D eigenvalue weighted by molar-refractivity contribution is -0.133. The van der Waals surface area contributed by atoms with E-state index in [4.69, 9.17) is 11.6 Å². The van der Waals surface area contributed by atoms with E-state index < -0.39 is 26.1 Å². The zero-order valence-corrected chi connectivity index (χ0v) is 19.5. The van der Waals surface area contributed by atoms with Gasteiger partial charge in [-0.3, -0.25) is 14.5 Å². The molecule has 1 fully saturated rings. The predicted octanol–water partition coefficient (Wildman–Crippen LogP) is 1.30. The number of halogens is 1. The molecule has 0 saturated carbocycles. The maximum absolute atomic E-state index is 12.9.